The van der Waals surface area contributed by atoms with E-state index in [1.54, 1.807) is 26.0 Å². The van der Waals surface area contributed by atoms with Gasteiger partial charge in [0.2, 0.25) is 5.91 Å². The molecule has 24 heavy (non-hydrogen) atoms. The molecular weight excluding hydrogens is 370 g/mol. The number of sulfonamides is 1. The lowest BCUT2D eigenvalue weighted by atomic mass is 10.1. The summed E-state index contributed by atoms with van der Waals surface area (Å²) in [6, 6.07) is 3.37. The molecule has 0 saturated heterocycles. The van der Waals surface area contributed by atoms with Crippen LogP contribution in [0.15, 0.2) is 16.3 Å². The third-order valence-corrected chi connectivity index (χ3v) is 6.45. The van der Waals surface area contributed by atoms with Crippen LogP contribution in [0.5, 0.6) is 0 Å². The van der Waals surface area contributed by atoms with Gasteiger partial charge < -0.3 is 11.1 Å². The van der Waals surface area contributed by atoms with Crippen LogP contribution in [0.1, 0.15) is 39.0 Å². The monoisotopic (exact) mass is 397 g/mol. The van der Waals surface area contributed by atoms with E-state index in [0.29, 0.717) is 25.3 Å². The van der Waals surface area contributed by atoms with Crippen LogP contribution in [-0.4, -0.2) is 33.0 Å². The van der Waals surface area contributed by atoms with E-state index in [0.717, 1.165) is 4.88 Å². The minimum atomic E-state index is -3.57. The van der Waals surface area contributed by atoms with Gasteiger partial charge in [-0.05, 0) is 38.3 Å². The summed E-state index contributed by atoms with van der Waals surface area (Å²) in [7, 11) is -3.57. The molecule has 1 heterocycles. The highest BCUT2D eigenvalue weighted by Crippen LogP contribution is 2.23. The molecule has 0 bridgehead atoms. The third-order valence-electron chi connectivity index (χ3n) is 3.11. The van der Waals surface area contributed by atoms with Crippen molar-refractivity contribution in [2.45, 2.75) is 50.3 Å². The molecule has 0 saturated carbocycles. The van der Waals surface area contributed by atoms with Crippen LogP contribution in [0.4, 0.5) is 0 Å². The van der Waals surface area contributed by atoms with E-state index >= 15 is 0 Å². The Bertz CT molecular complexity index is 628. The highest BCUT2D eigenvalue weighted by Gasteiger charge is 2.26. The Labute approximate surface area is 155 Å². The quantitative estimate of drug-likeness (QED) is 0.592. The Morgan fingerprint density at radius 2 is 1.96 bits per heavy atom. The number of rotatable bonds is 9. The predicted octanol–water partition coefficient (Wildman–Crippen LogP) is 1.89. The molecule has 1 rings (SSSR count). The maximum absolute atomic E-state index is 12.3. The van der Waals surface area contributed by atoms with Crippen molar-refractivity contribution in [3.8, 4) is 0 Å². The van der Waals surface area contributed by atoms with Gasteiger partial charge >= 0.3 is 0 Å². The van der Waals surface area contributed by atoms with Crippen LogP contribution < -0.4 is 15.8 Å². The SMILES string of the molecule is CC(C)CC(=O)NCCc1ccc(S(=O)(=O)NC(C)(C)CN)s1.Cl. The fraction of sp³-hybridized carbons (Fsp3) is 0.667. The molecule has 0 spiro atoms. The zero-order valence-corrected chi connectivity index (χ0v) is 17.0. The van der Waals surface area contributed by atoms with Crippen LogP contribution >= 0.6 is 23.7 Å². The molecule has 1 aromatic heterocycles. The average molecular weight is 398 g/mol. The molecule has 0 fully saturated rings. The Morgan fingerprint density at radius 3 is 2.50 bits per heavy atom. The summed E-state index contributed by atoms with van der Waals surface area (Å²) in [6.45, 7) is 8.18. The number of amides is 1. The largest absolute Gasteiger partial charge is 0.356 e. The molecule has 0 aliphatic heterocycles. The normalized spacial score (nSPS) is 12.1. The molecule has 6 nitrogen and oxygen atoms in total. The molecule has 0 unspecified atom stereocenters. The van der Waals surface area contributed by atoms with Crippen LogP contribution in [0.3, 0.4) is 0 Å². The van der Waals surface area contributed by atoms with Crippen molar-refractivity contribution in [1.29, 1.82) is 0 Å². The first kappa shape index (κ1) is 23.3. The first-order valence-electron chi connectivity index (χ1n) is 7.65. The second-order valence-corrected chi connectivity index (χ2v) is 9.69. The van der Waals surface area contributed by atoms with Gasteiger partial charge in [-0.3, -0.25) is 4.79 Å². The van der Waals surface area contributed by atoms with Crippen LogP contribution in [0, 0.1) is 5.92 Å². The molecule has 9 heteroatoms. The van der Waals surface area contributed by atoms with E-state index in [9.17, 15) is 13.2 Å². The van der Waals surface area contributed by atoms with Crippen molar-refractivity contribution < 1.29 is 13.2 Å². The smallest absolute Gasteiger partial charge is 0.250 e. The summed E-state index contributed by atoms with van der Waals surface area (Å²) < 4.78 is 27.5. The first-order valence-corrected chi connectivity index (χ1v) is 9.95. The zero-order valence-electron chi connectivity index (χ0n) is 14.6. The number of nitrogens with two attached hydrogens (primary N) is 1. The van der Waals surface area contributed by atoms with Crippen molar-refractivity contribution >= 4 is 39.7 Å². The van der Waals surface area contributed by atoms with Gasteiger partial charge in [0.15, 0.2) is 0 Å². The molecule has 1 aromatic rings. The fourth-order valence-electron chi connectivity index (χ4n) is 1.86. The van der Waals surface area contributed by atoms with E-state index in [1.165, 1.54) is 11.3 Å². The number of hydrogen-bond acceptors (Lipinski definition) is 5. The van der Waals surface area contributed by atoms with Crippen LogP contribution in [0.2, 0.25) is 0 Å². The molecule has 140 valence electrons. The number of carbonyl (C=O) groups is 1. The van der Waals surface area contributed by atoms with Crippen LogP contribution in [-0.2, 0) is 21.2 Å². The van der Waals surface area contributed by atoms with Crippen molar-refractivity contribution in [2.24, 2.45) is 11.7 Å². The standard InChI is InChI=1S/C15H27N3O3S2.ClH/c1-11(2)9-13(19)17-8-7-12-5-6-14(22-12)23(20,21)18-15(3,4)10-16;/h5-6,11,18H,7-10,16H2,1-4H3,(H,17,19);1H. The number of thiophene rings is 1. The molecule has 0 aliphatic rings. The van der Waals surface area contributed by atoms with Gasteiger partial charge in [0, 0.05) is 29.9 Å². The molecule has 1 amide bonds. The highest BCUT2D eigenvalue weighted by molar-refractivity contribution is 7.91. The fourth-order valence-corrected chi connectivity index (χ4v) is 4.64. The van der Waals surface area contributed by atoms with Crippen molar-refractivity contribution in [3.05, 3.63) is 17.0 Å². The van der Waals surface area contributed by atoms with E-state index in [4.69, 9.17) is 5.73 Å². The summed E-state index contributed by atoms with van der Waals surface area (Å²) in [4.78, 5) is 12.5. The topological polar surface area (TPSA) is 101 Å². The lowest BCUT2D eigenvalue weighted by Gasteiger charge is -2.23. The second kappa shape index (κ2) is 9.72. The molecular formula is C15H28ClN3O3S2. The third kappa shape index (κ3) is 7.94. The zero-order chi connectivity index (χ0) is 17.7. The molecule has 0 radical (unpaired) electrons. The number of carbonyl (C=O) groups excluding carboxylic acids is 1. The van der Waals surface area contributed by atoms with E-state index in [2.05, 4.69) is 10.0 Å². The number of halogens is 1. The molecule has 0 atom stereocenters. The van der Waals surface area contributed by atoms with Crippen molar-refractivity contribution in [1.82, 2.24) is 10.0 Å². The maximum Gasteiger partial charge on any atom is 0.250 e. The highest BCUT2D eigenvalue weighted by atomic mass is 35.5. The van der Waals surface area contributed by atoms with Gasteiger partial charge in [-0.25, -0.2) is 13.1 Å². The van der Waals surface area contributed by atoms with Gasteiger partial charge in [0.05, 0.1) is 0 Å². The average Bonchev–Trinajstić information content (AvgIpc) is 2.86. The van der Waals surface area contributed by atoms with Gasteiger partial charge in [-0.2, -0.15) is 0 Å². The lowest BCUT2D eigenvalue weighted by molar-refractivity contribution is -0.121. The predicted molar refractivity (Wildman–Crippen MR) is 101 cm³/mol. The Kier molecular flexibility index (Phi) is 9.45. The van der Waals surface area contributed by atoms with E-state index < -0.39 is 15.6 Å². The van der Waals surface area contributed by atoms with Gasteiger partial charge in [-0.1, -0.05) is 13.8 Å². The van der Waals surface area contributed by atoms with Gasteiger partial charge in [0.1, 0.15) is 4.21 Å². The van der Waals surface area contributed by atoms with Crippen molar-refractivity contribution in [3.63, 3.8) is 0 Å². The summed E-state index contributed by atoms with van der Waals surface area (Å²) >= 11 is 1.21. The number of nitrogens with one attached hydrogen (secondary N) is 2. The van der Waals surface area contributed by atoms with Crippen LogP contribution in [0.25, 0.3) is 0 Å². The summed E-state index contributed by atoms with van der Waals surface area (Å²) in [5, 5.41) is 2.84. The van der Waals surface area contributed by atoms with E-state index in [1.807, 2.05) is 13.8 Å². The minimum Gasteiger partial charge on any atom is -0.356 e. The van der Waals surface area contributed by atoms with Gasteiger partial charge in [0.25, 0.3) is 10.0 Å². The minimum absolute atomic E-state index is 0. The molecule has 0 aromatic carbocycles. The van der Waals surface area contributed by atoms with E-state index in [-0.39, 0.29) is 29.1 Å². The first-order chi connectivity index (χ1) is 10.6. The molecule has 4 N–H and O–H groups in total. The Balaban J connectivity index is 0.00000529. The summed E-state index contributed by atoms with van der Waals surface area (Å²) in [5.74, 6) is 0.348. The lowest BCUT2D eigenvalue weighted by Crippen LogP contribution is -2.48. The van der Waals surface area contributed by atoms with Gasteiger partial charge in [-0.15, -0.1) is 23.7 Å². The maximum atomic E-state index is 12.3. The molecule has 0 aliphatic carbocycles. The van der Waals surface area contributed by atoms with Crippen molar-refractivity contribution in [2.75, 3.05) is 13.1 Å². The summed E-state index contributed by atoms with van der Waals surface area (Å²) in [5.41, 5.74) is 4.87. The summed E-state index contributed by atoms with van der Waals surface area (Å²) in [6.07, 6.45) is 1.12. The number of hydrogen-bond donors (Lipinski definition) is 3. The Hall–Kier alpha value is -0.670. The second-order valence-electron chi connectivity index (χ2n) is 6.61. The Morgan fingerprint density at radius 1 is 1.33 bits per heavy atom.